The number of hydrogen-bond donors (Lipinski definition) is 0. The van der Waals surface area contributed by atoms with Crippen molar-refractivity contribution in [2.45, 2.75) is 4.90 Å². The van der Waals surface area contributed by atoms with Crippen LogP contribution in [0.15, 0.2) is 45.7 Å². The second-order valence-corrected chi connectivity index (χ2v) is 7.75. The molecule has 0 atom stereocenters. The van der Waals surface area contributed by atoms with Crippen molar-refractivity contribution in [1.29, 1.82) is 0 Å². The van der Waals surface area contributed by atoms with Crippen molar-refractivity contribution in [1.82, 2.24) is 4.57 Å². The van der Waals surface area contributed by atoms with Gasteiger partial charge in [0.2, 0.25) is 4.80 Å². The molecule has 3 aromatic rings. The molecule has 0 amide bonds. The Morgan fingerprint density at radius 3 is 2.28 bits per heavy atom. The van der Waals surface area contributed by atoms with Gasteiger partial charge in [-0.1, -0.05) is 11.3 Å². The van der Waals surface area contributed by atoms with Gasteiger partial charge in [0, 0.05) is 19.2 Å². The molecule has 25 heavy (non-hydrogen) atoms. The first-order valence-corrected chi connectivity index (χ1v) is 9.39. The zero-order valence-corrected chi connectivity index (χ0v) is 15.3. The van der Waals surface area contributed by atoms with E-state index in [0.717, 1.165) is 22.3 Å². The van der Waals surface area contributed by atoms with Gasteiger partial charge >= 0.3 is 0 Å². The number of fused-ring (bicyclic) bond motifs is 1. The van der Waals surface area contributed by atoms with Crippen LogP contribution in [0.1, 0.15) is 0 Å². The molecule has 6 nitrogen and oxygen atoms in total. The summed E-state index contributed by atoms with van der Waals surface area (Å²) in [5.41, 5.74) is 0.760. The van der Waals surface area contributed by atoms with Crippen molar-refractivity contribution in [2.75, 3.05) is 14.2 Å². The third-order valence-electron chi connectivity index (χ3n) is 3.62. The Balaban J connectivity index is 2.19. The summed E-state index contributed by atoms with van der Waals surface area (Å²) in [4.78, 5) is 0.219. The van der Waals surface area contributed by atoms with E-state index in [1.165, 1.54) is 37.7 Å². The van der Waals surface area contributed by atoms with Crippen molar-refractivity contribution in [2.24, 2.45) is 11.4 Å². The molecule has 0 fully saturated rings. The summed E-state index contributed by atoms with van der Waals surface area (Å²) in [7, 11) is 0.823. The lowest BCUT2D eigenvalue weighted by atomic mass is 10.3. The number of sulfonamides is 1. The third-order valence-corrected chi connectivity index (χ3v) is 6.12. The minimum Gasteiger partial charge on any atom is -0.493 e. The molecule has 0 aliphatic heterocycles. The molecule has 0 N–H and O–H groups in total. The number of hydrogen-bond acceptors (Lipinski definition) is 5. The van der Waals surface area contributed by atoms with Gasteiger partial charge in [0.1, 0.15) is 5.82 Å². The number of thiazole rings is 1. The Labute approximate surface area is 147 Å². The number of benzene rings is 2. The van der Waals surface area contributed by atoms with Crippen molar-refractivity contribution in [3.63, 3.8) is 0 Å². The first-order valence-electron chi connectivity index (χ1n) is 7.14. The lowest BCUT2D eigenvalue weighted by Crippen LogP contribution is -2.13. The maximum absolute atomic E-state index is 13.0. The summed E-state index contributed by atoms with van der Waals surface area (Å²) >= 11 is 1.20. The van der Waals surface area contributed by atoms with Crippen molar-refractivity contribution in [3.05, 3.63) is 47.0 Å². The average molecular weight is 382 g/mol. The summed E-state index contributed by atoms with van der Waals surface area (Å²) in [5, 5.41) is 0. The number of nitrogens with zero attached hydrogens (tertiary/aromatic N) is 2. The van der Waals surface area contributed by atoms with E-state index >= 15 is 0 Å². The number of aryl methyl sites for hydroxylation is 1. The molecule has 0 spiro atoms. The Kier molecular flexibility index (Phi) is 4.53. The molecule has 0 radical (unpaired) electrons. The van der Waals surface area contributed by atoms with E-state index in [9.17, 15) is 12.8 Å². The normalized spacial score (nSPS) is 12.6. The number of aromatic nitrogens is 1. The molecule has 2 aromatic carbocycles. The predicted octanol–water partition coefficient (Wildman–Crippen LogP) is 2.69. The number of halogens is 1. The minimum atomic E-state index is -3.95. The number of ether oxygens (including phenoxy) is 2. The molecule has 0 saturated heterocycles. The van der Waals surface area contributed by atoms with E-state index in [2.05, 4.69) is 4.40 Å². The highest BCUT2D eigenvalue weighted by Gasteiger charge is 2.15. The van der Waals surface area contributed by atoms with Crippen LogP contribution in [0.4, 0.5) is 4.39 Å². The SMILES string of the molecule is COc1cc2sc(=NS(=O)(=O)c3ccc(F)cc3)n(C)c2cc1OC. The lowest BCUT2D eigenvalue weighted by molar-refractivity contribution is 0.356. The Morgan fingerprint density at radius 1 is 1.08 bits per heavy atom. The maximum Gasteiger partial charge on any atom is 0.285 e. The molecular weight excluding hydrogens is 367 g/mol. The fourth-order valence-electron chi connectivity index (χ4n) is 2.31. The van der Waals surface area contributed by atoms with E-state index in [1.807, 2.05) is 0 Å². The van der Waals surface area contributed by atoms with Crippen LogP contribution >= 0.6 is 11.3 Å². The van der Waals surface area contributed by atoms with Gasteiger partial charge in [0.25, 0.3) is 10.0 Å². The summed E-state index contributed by atoms with van der Waals surface area (Å²) < 4.78 is 54.8. The monoisotopic (exact) mass is 382 g/mol. The average Bonchev–Trinajstić information content (AvgIpc) is 2.88. The van der Waals surface area contributed by atoms with Crippen LogP contribution in [0.3, 0.4) is 0 Å². The highest BCUT2D eigenvalue weighted by atomic mass is 32.2. The van der Waals surface area contributed by atoms with E-state index in [4.69, 9.17) is 9.47 Å². The zero-order chi connectivity index (χ0) is 18.2. The van der Waals surface area contributed by atoms with Crippen molar-refractivity contribution >= 4 is 31.6 Å². The molecule has 9 heteroatoms. The zero-order valence-electron chi connectivity index (χ0n) is 13.7. The van der Waals surface area contributed by atoms with Crippen LogP contribution in [-0.4, -0.2) is 27.2 Å². The van der Waals surface area contributed by atoms with Gasteiger partial charge in [-0.15, -0.1) is 4.40 Å². The molecule has 1 heterocycles. The van der Waals surface area contributed by atoms with Crippen LogP contribution in [0, 0.1) is 5.82 Å². The number of methoxy groups -OCH3 is 2. The quantitative estimate of drug-likeness (QED) is 0.696. The highest BCUT2D eigenvalue weighted by molar-refractivity contribution is 7.90. The maximum atomic E-state index is 13.0. The Morgan fingerprint density at radius 2 is 1.68 bits per heavy atom. The smallest absolute Gasteiger partial charge is 0.285 e. The van der Waals surface area contributed by atoms with Gasteiger partial charge in [-0.25, -0.2) is 4.39 Å². The van der Waals surface area contributed by atoms with Gasteiger partial charge in [0.05, 0.1) is 29.3 Å². The summed E-state index contributed by atoms with van der Waals surface area (Å²) in [6.07, 6.45) is 0. The Hall–Kier alpha value is -2.39. The minimum absolute atomic E-state index is 0.0680. The highest BCUT2D eigenvalue weighted by Crippen LogP contribution is 2.33. The number of rotatable bonds is 4. The largest absolute Gasteiger partial charge is 0.493 e. The topological polar surface area (TPSA) is 69.9 Å². The molecule has 0 aliphatic carbocycles. The molecule has 1 aromatic heterocycles. The van der Waals surface area contributed by atoms with E-state index in [-0.39, 0.29) is 9.70 Å². The van der Waals surface area contributed by atoms with Gasteiger partial charge in [0.15, 0.2) is 11.5 Å². The van der Waals surface area contributed by atoms with Gasteiger partial charge in [-0.05, 0) is 24.3 Å². The van der Waals surface area contributed by atoms with Crippen LogP contribution in [0.2, 0.25) is 0 Å². The summed E-state index contributed by atoms with van der Waals surface area (Å²) in [5.74, 6) is 0.576. The van der Waals surface area contributed by atoms with Crippen molar-refractivity contribution < 1.29 is 22.3 Å². The van der Waals surface area contributed by atoms with Crippen LogP contribution in [0.5, 0.6) is 11.5 Å². The van der Waals surface area contributed by atoms with Crippen molar-refractivity contribution in [3.8, 4) is 11.5 Å². The van der Waals surface area contributed by atoms with E-state index in [1.54, 1.807) is 23.7 Å². The second kappa shape index (κ2) is 6.49. The Bertz CT molecular complexity index is 1100. The van der Waals surface area contributed by atoms with E-state index in [0.29, 0.717) is 11.5 Å². The predicted molar refractivity (Wildman–Crippen MR) is 93.0 cm³/mol. The molecule has 0 saturated carbocycles. The third kappa shape index (κ3) is 3.24. The fourth-order valence-corrected chi connectivity index (χ4v) is 4.56. The second-order valence-electron chi connectivity index (χ2n) is 5.14. The molecule has 132 valence electrons. The lowest BCUT2D eigenvalue weighted by Gasteiger charge is -2.07. The molecule has 0 aliphatic rings. The fraction of sp³-hybridized carbons (Fsp3) is 0.188. The molecule has 0 bridgehead atoms. The van der Waals surface area contributed by atoms with Gasteiger partial charge in [-0.3, -0.25) is 0 Å². The molecular formula is C16H15FN2O4S2. The van der Waals surface area contributed by atoms with Crippen LogP contribution in [0.25, 0.3) is 10.2 Å². The summed E-state index contributed by atoms with van der Waals surface area (Å²) in [6, 6.07) is 8.07. The van der Waals surface area contributed by atoms with Gasteiger partial charge in [-0.2, -0.15) is 8.42 Å². The first kappa shape index (κ1) is 17.4. The van der Waals surface area contributed by atoms with Gasteiger partial charge < -0.3 is 14.0 Å². The standard InChI is InChI=1S/C16H15FN2O4S2/c1-19-12-8-13(22-2)14(23-3)9-15(12)24-16(19)18-25(20,21)11-6-4-10(17)5-7-11/h4-9H,1-3H3. The molecule has 0 unspecified atom stereocenters. The van der Waals surface area contributed by atoms with E-state index < -0.39 is 15.8 Å². The molecule has 3 rings (SSSR count). The summed E-state index contributed by atoms with van der Waals surface area (Å²) in [6.45, 7) is 0. The van der Waals surface area contributed by atoms with Crippen LogP contribution < -0.4 is 14.3 Å². The van der Waals surface area contributed by atoms with Crippen LogP contribution in [-0.2, 0) is 17.1 Å². The first-order chi connectivity index (χ1) is 11.9.